The number of hydrogen-bond donors (Lipinski definition) is 1. The molecule has 1 heterocycles. The highest BCUT2D eigenvalue weighted by Gasteiger charge is 2.08. The van der Waals surface area contributed by atoms with Crippen molar-refractivity contribution in [3.05, 3.63) is 40.4 Å². The summed E-state index contributed by atoms with van der Waals surface area (Å²) >= 11 is 1.78. The van der Waals surface area contributed by atoms with Gasteiger partial charge in [0.15, 0.2) is 0 Å². The number of nitrogens with zero attached hydrogens (tertiary/aromatic N) is 1. The average molecular weight is 246 g/mol. The fourth-order valence-corrected chi connectivity index (χ4v) is 2.71. The summed E-state index contributed by atoms with van der Waals surface area (Å²) in [5.74, 6) is 0. The second-order valence-electron chi connectivity index (χ2n) is 4.16. The summed E-state index contributed by atoms with van der Waals surface area (Å²) in [6.07, 6.45) is 1.98. The van der Waals surface area contributed by atoms with E-state index < -0.39 is 0 Å². The van der Waals surface area contributed by atoms with Crippen LogP contribution in [0.3, 0.4) is 0 Å². The van der Waals surface area contributed by atoms with Gasteiger partial charge in [-0.25, -0.2) is 4.98 Å². The van der Waals surface area contributed by atoms with Crippen molar-refractivity contribution >= 4 is 11.3 Å². The van der Waals surface area contributed by atoms with Crippen molar-refractivity contribution in [3.8, 4) is 10.6 Å². The van der Waals surface area contributed by atoms with Crippen molar-refractivity contribution < 1.29 is 0 Å². The van der Waals surface area contributed by atoms with Crippen LogP contribution in [-0.4, -0.2) is 11.5 Å². The van der Waals surface area contributed by atoms with Crippen LogP contribution < -0.4 is 5.32 Å². The minimum Gasteiger partial charge on any atom is -0.312 e. The van der Waals surface area contributed by atoms with Crippen molar-refractivity contribution in [2.45, 2.75) is 27.3 Å². The van der Waals surface area contributed by atoms with E-state index in [1.54, 1.807) is 11.3 Å². The molecule has 0 fully saturated rings. The van der Waals surface area contributed by atoms with E-state index in [4.69, 9.17) is 0 Å². The molecule has 1 aromatic heterocycles. The molecule has 0 amide bonds. The predicted octanol–water partition coefficient (Wildman–Crippen LogP) is 3.54. The first-order chi connectivity index (χ1) is 8.22. The van der Waals surface area contributed by atoms with E-state index >= 15 is 0 Å². The van der Waals surface area contributed by atoms with E-state index in [1.165, 1.54) is 21.6 Å². The lowest BCUT2D eigenvalue weighted by Gasteiger charge is -2.04. The molecule has 3 heteroatoms. The van der Waals surface area contributed by atoms with Gasteiger partial charge >= 0.3 is 0 Å². The van der Waals surface area contributed by atoms with Gasteiger partial charge in [0, 0.05) is 23.2 Å². The standard InChI is InChI=1S/C14H18N2S/c1-4-15-8-12-9-16-14(17-12)13-7-5-6-10(2)11(13)3/h5-7,9,15H,4,8H2,1-3H3. The van der Waals surface area contributed by atoms with Crippen LogP contribution in [0.2, 0.25) is 0 Å². The second-order valence-corrected chi connectivity index (χ2v) is 5.27. The van der Waals surface area contributed by atoms with Gasteiger partial charge in [0.25, 0.3) is 0 Å². The minimum absolute atomic E-state index is 0.916. The number of rotatable bonds is 4. The molecule has 2 aromatic rings. The normalized spacial score (nSPS) is 10.8. The number of hydrogen-bond acceptors (Lipinski definition) is 3. The summed E-state index contributed by atoms with van der Waals surface area (Å²) in [4.78, 5) is 5.81. The molecule has 0 spiro atoms. The molecule has 0 atom stereocenters. The summed E-state index contributed by atoms with van der Waals surface area (Å²) in [7, 11) is 0. The lowest BCUT2D eigenvalue weighted by atomic mass is 10.0. The molecule has 0 unspecified atom stereocenters. The number of aryl methyl sites for hydroxylation is 1. The van der Waals surface area contributed by atoms with Crippen LogP contribution in [0.5, 0.6) is 0 Å². The maximum Gasteiger partial charge on any atom is 0.123 e. The third-order valence-electron chi connectivity index (χ3n) is 2.94. The number of thiazole rings is 1. The quantitative estimate of drug-likeness (QED) is 0.892. The summed E-state index contributed by atoms with van der Waals surface area (Å²) in [6, 6.07) is 6.40. The summed E-state index contributed by atoms with van der Waals surface area (Å²) in [6.45, 7) is 8.34. The molecule has 1 N–H and O–H groups in total. The first-order valence-corrected chi connectivity index (χ1v) is 6.76. The first kappa shape index (κ1) is 12.3. The molecule has 90 valence electrons. The first-order valence-electron chi connectivity index (χ1n) is 5.94. The monoisotopic (exact) mass is 246 g/mol. The van der Waals surface area contributed by atoms with E-state index in [2.05, 4.69) is 49.3 Å². The molecular weight excluding hydrogens is 228 g/mol. The molecule has 2 nitrogen and oxygen atoms in total. The van der Waals surface area contributed by atoms with Gasteiger partial charge < -0.3 is 5.32 Å². The predicted molar refractivity (Wildman–Crippen MR) is 74.4 cm³/mol. The fourth-order valence-electron chi connectivity index (χ4n) is 1.74. The van der Waals surface area contributed by atoms with Crippen LogP contribution in [0.4, 0.5) is 0 Å². The Bertz CT molecular complexity index is 503. The second kappa shape index (κ2) is 5.43. The Balaban J connectivity index is 2.27. The largest absolute Gasteiger partial charge is 0.312 e. The Kier molecular flexibility index (Phi) is 3.92. The SMILES string of the molecule is CCNCc1cnc(-c2cccc(C)c2C)s1. The third-order valence-corrected chi connectivity index (χ3v) is 3.97. The topological polar surface area (TPSA) is 24.9 Å². The Morgan fingerprint density at radius 3 is 2.88 bits per heavy atom. The molecule has 0 bridgehead atoms. The zero-order valence-corrected chi connectivity index (χ0v) is 11.4. The third kappa shape index (κ3) is 2.73. The molecule has 2 rings (SSSR count). The molecule has 0 radical (unpaired) electrons. The van der Waals surface area contributed by atoms with Gasteiger partial charge in [-0.3, -0.25) is 0 Å². The van der Waals surface area contributed by atoms with Gasteiger partial charge in [0.05, 0.1) is 0 Å². The summed E-state index contributed by atoms with van der Waals surface area (Å²) in [5.41, 5.74) is 3.92. The van der Waals surface area contributed by atoms with E-state index in [0.29, 0.717) is 0 Å². The number of benzene rings is 1. The Morgan fingerprint density at radius 1 is 1.29 bits per heavy atom. The van der Waals surface area contributed by atoms with Gasteiger partial charge in [-0.1, -0.05) is 25.1 Å². The van der Waals surface area contributed by atoms with Crippen LogP contribution in [-0.2, 0) is 6.54 Å². The molecular formula is C14H18N2S. The fraction of sp³-hybridized carbons (Fsp3) is 0.357. The highest BCUT2D eigenvalue weighted by Crippen LogP contribution is 2.29. The van der Waals surface area contributed by atoms with Crippen molar-refractivity contribution in [2.75, 3.05) is 6.54 Å². The Hall–Kier alpha value is -1.19. The van der Waals surface area contributed by atoms with Crippen molar-refractivity contribution in [1.29, 1.82) is 0 Å². The van der Waals surface area contributed by atoms with E-state index in [-0.39, 0.29) is 0 Å². The molecule has 0 saturated heterocycles. The average Bonchev–Trinajstić information content (AvgIpc) is 2.78. The molecule has 17 heavy (non-hydrogen) atoms. The van der Waals surface area contributed by atoms with Gasteiger partial charge in [0.1, 0.15) is 5.01 Å². The van der Waals surface area contributed by atoms with Crippen molar-refractivity contribution in [1.82, 2.24) is 10.3 Å². The van der Waals surface area contributed by atoms with Gasteiger partial charge in [-0.2, -0.15) is 0 Å². The molecule has 0 aliphatic heterocycles. The zero-order chi connectivity index (χ0) is 12.3. The molecule has 0 aliphatic rings. The Labute approximate surface area is 107 Å². The Morgan fingerprint density at radius 2 is 2.12 bits per heavy atom. The highest BCUT2D eigenvalue weighted by atomic mass is 32.1. The van der Waals surface area contributed by atoms with E-state index in [0.717, 1.165) is 18.1 Å². The van der Waals surface area contributed by atoms with Crippen molar-refractivity contribution in [2.24, 2.45) is 0 Å². The van der Waals surface area contributed by atoms with Crippen LogP contribution in [0, 0.1) is 13.8 Å². The van der Waals surface area contributed by atoms with E-state index in [1.807, 2.05) is 6.20 Å². The van der Waals surface area contributed by atoms with Gasteiger partial charge in [-0.15, -0.1) is 11.3 Å². The van der Waals surface area contributed by atoms with Crippen LogP contribution in [0.15, 0.2) is 24.4 Å². The van der Waals surface area contributed by atoms with Crippen molar-refractivity contribution in [3.63, 3.8) is 0 Å². The lowest BCUT2D eigenvalue weighted by Crippen LogP contribution is -2.10. The van der Waals surface area contributed by atoms with Gasteiger partial charge in [0.2, 0.25) is 0 Å². The summed E-state index contributed by atoms with van der Waals surface area (Å²) in [5, 5.41) is 4.45. The number of nitrogens with one attached hydrogen (secondary N) is 1. The molecule has 1 aromatic carbocycles. The van der Waals surface area contributed by atoms with Crippen LogP contribution >= 0.6 is 11.3 Å². The number of aromatic nitrogens is 1. The van der Waals surface area contributed by atoms with Gasteiger partial charge in [-0.05, 0) is 31.5 Å². The maximum absolute atomic E-state index is 4.52. The smallest absolute Gasteiger partial charge is 0.123 e. The van der Waals surface area contributed by atoms with Crippen LogP contribution in [0.25, 0.3) is 10.6 Å². The maximum atomic E-state index is 4.52. The highest BCUT2D eigenvalue weighted by molar-refractivity contribution is 7.15. The molecule has 0 saturated carbocycles. The minimum atomic E-state index is 0.916. The summed E-state index contributed by atoms with van der Waals surface area (Å²) < 4.78 is 0. The van der Waals surface area contributed by atoms with Crippen LogP contribution in [0.1, 0.15) is 22.9 Å². The lowest BCUT2D eigenvalue weighted by molar-refractivity contribution is 0.734. The van der Waals surface area contributed by atoms with E-state index in [9.17, 15) is 0 Å². The zero-order valence-electron chi connectivity index (χ0n) is 10.6. The molecule has 0 aliphatic carbocycles.